The number of fused-ring (bicyclic) bond motifs is 1. The lowest BCUT2D eigenvalue weighted by molar-refractivity contribution is -0.318. The van der Waals surface area contributed by atoms with Crippen LogP contribution < -0.4 is 0 Å². The van der Waals surface area contributed by atoms with Crippen LogP contribution in [0.5, 0.6) is 0 Å². The molecule has 6 heteroatoms. The van der Waals surface area contributed by atoms with E-state index in [9.17, 15) is 10.2 Å². The molecule has 2 saturated heterocycles. The molecule has 5 nitrogen and oxygen atoms in total. The predicted octanol–water partition coefficient (Wildman–Crippen LogP) is 1.30. The van der Waals surface area contributed by atoms with Gasteiger partial charge in [-0.3, -0.25) is 0 Å². The summed E-state index contributed by atoms with van der Waals surface area (Å²) in [7, 11) is 0. The van der Waals surface area contributed by atoms with Gasteiger partial charge in [-0.1, -0.05) is 37.3 Å². The second-order valence-electron chi connectivity index (χ2n) is 5.16. The first-order valence-corrected chi connectivity index (χ1v) is 8.20. The molecule has 2 N–H and O–H groups in total. The highest BCUT2D eigenvalue weighted by atomic mass is 32.2. The highest BCUT2D eigenvalue weighted by Gasteiger charge is 2.48. The Labute approximate surface area is 128 Å². The van der Waals surface area contributed by atoms with E-state index in [0.29, 0.717) is 6.61 Å². The number of hydrogen-bond acceptors (Lipinski definition) is 6. The molecule has 6 atom stereocenters. The molecular weight excluding hydrogens is 292 g/mol. The fraction of sp³-hybridized carbons (Fsp3) is 0.600. The van der Waals surface area contributed by atoms with Crippen molar-refractivity contribution >= 4 is 11.8 Å². The van der Waals surface area contributed by atoms with Crippen LogP contribution in [-0.4, -0.2) is 52.4 Å². The Bertz CT molecular complexity index is 455. The monoisotopic (exact) mass is 312 g/mol. The fourth-order valence-corrected chi connectivity index (χ4v) is 3.57. The molecule has 2 unspecified atom stereocenters. The Hall–Kier alpha value is -0.630. The normalized spacial score (nSPS) is 39.8. The van der Waals surface area contributed by atoms with Gasteiger partial charge in [0.15, 0.2) is 6.29 Å². The lowest BCUT2D eigenvalue weighted by atomic mass is 9.99. The van der Waals surface area contributed by atoms with E-state index in [4.69, 9.17) is 14.2 Å². The van der Waals surface area contributed by atoms with Gasteiger partial charge < -0.3 is 24.4 Å². The van der Waals surface area contributed by atoms with Crippen molar-refractivity contribution in [2.75, 3.05) is 12.4 Å². The van der Waals surface area contributed by atoms with Crippen LogP contribution in [0.4, 0.5) is 0 Å². The van der Waals surface area contributed by atoms with Crippen molar-refractivity contribution in [2.45, 2.75) is 43.1 Å². The lowest BCUT2D eigenvalue weighted by Gasteiger charge is -2.46. The number of ether oxygens (including phenoxy) is 3. The highest BCUT2D eigenvalue weighted by molar-refractivity contribution is 7.99. The van der Waals surface area contributed by atoms with E-state index in [1.54, 1.807) is 0 Å². The molecule has 0 aliphatic carbocycles. The van der Waals surface area contributed by atoms with Gasteiger partial charge in [-0.15, -0.1) is 11.8 Å². The number of thioether (sulfide) groups is 1. The molecule has 2 aliphatic rings. The van der Waals surface area contributed by atoms with Crippen molar-refractivity contribution in [1.82, 2.24) is 0 Å². The van der Waals surface area contributed by atoms with Gasteiger partial charge in [-0.25, -0.2) is 0 Å². The summed E-state index contributed by atoms with van der Waals surface area (Å²) in [4.78, 5) is 0. The van der Waals surface area contributed by atoms with Crippen molar-refractivity contribution in [3.8, 4) is 0 Å². The maximum atomic E-state index is 10.3. The van der Waals surface area contributed by atoms with Crippen molar-refractivity contribution < 1.29 is 24.4 Å². The topological polar surface area (TPSA) is 68.2 Å². The van der Waals surface area contributed by atoms with E-state index in [1.807, 2.05) is 37.3 Å². The average molecular weight is 312 g/mol. The first-order valence-electron chi connectivity index (χ1n) is 7.16. The molecule has 0 spiro atoms. The van der Waals surface area contributed by atoms with E-state index in [-0.39, 0.29) is 6.10 Å². The molecule has 21 heavy (non-hydrogen) atoms. The second kappa shape index (κ2) is 6.64. The maximum Gasteiger partial charge on any atom is 0.184 e. The third-order valence-electron chi connectivity index (χ3n) is 3.74. The maximum absolute atomic E-state index is 10.3. The number of rotatable bonds is 3. The standard InChI is InChI=1S/C15H20O5S/c1-2-21-15-12(17)11(16)13-10(19-15)8-18-14(20-13)9-6-4-3-5-7-9/h3-7,10-17H,2,8H2,1H3/t10-,11-,12-,13+,14?,15?/m1/s1. The minimum absolute atomic E-state index is 0.342. The summed E-state index contributed by atoms with van der Waals surface area (Å²) >= 11 is 1.47. The molecular formula is C15H20O5S. The van der Waals surface area contributed by atoms with Crippen LogP contribution in [0.1, 0.15) is 18.8 Å². The van der Waals surface area contributed by atoms with Gasteiger partial charge in [0.05, 0.1) is 6.61 Å². The van der Waals surface area contributed by atoms with E-state index in [2.05, 4.69) is 0 Å². The summed E-state index contributed by atoms with van der Waals surface area (Å²) in [6, 6.07) is 9.56. The van der Waals surface area contributed by atoms with E-state index in [0.717, 1.165) is 11.3 Å². The number of hydrogen-bond donors (Lipinski definition) is 2. The summed E-state index contributed by atoms with van der Waals surface area (Å²) in [5.74, 6) is 0.806. The molecule has 2 heterocycles. The third kappa shape index (κ3) is 3.11. The first-order chi connectivity index (χ1) is 10.2. The van der Waals surface area contributed by atoms with E-state index in [1.165, 1.54) is 11.8 Å². The molecule has 2 aliphatic heterocycles. The van der Waals surface area contributed by atoms with Crippen molar-refractivity contribution in [3.63, 3.8) is 0 Å². The minimum atomic E-state index is -0.970. The summed E-state index contributed by atoms with van der Waals surface area (Å²) in [5.41, 5.74) is 0.453. The quantitative estimate of drug-likeness (QED) is 0.877. The van der Waals surface area contributed by atoms with Gasteiger partial charge >= 0.3 is 0 Å². The second-order valence-corrected chi connectivity index (χ2v) is 6.53. The predicted molar refractivity (Wildman–Crippen MR) is 78.8 cm³/mol. The SMILES string of the molecule is CCSC1O[C@@H]2COC(c3ccccc3)O[C@@H]2[C@H](O)[C@H]1O. The summed E-state index contributed by atoms with van der Waals surface area (Å²) in [5, 5.41) is 20.5. The van der Waals surface area contributed by atoms with Crippen LogP contribution in [0, 0.1) is 0 Å². The Balaban J connectivity index is 1.71. The van der Waals surface area contributed by atoms with Crippen LogP contribution in [0.2, 0.25) is 0 Å². The molecule has 3 rings (SSSR count). The number of aliphatic hydroxyl groups excluding tert-OH is 2. The minimum Gasteiger partial charge on any atom is -0.387 e. The van der Waals surface area contributed by atoms with Crippen LogP contribution in [0.25, 0.3) is 0 Å². The number of aliphatic hydroxyl groups is 2. The smallest absolute Gasteiger partial charge is 0.184 e. The molecule has 1 aromatic carbocycles. The summed E-state index contributed by atoms with van der Waals surface area (Å²) in [6.45, 7) is 2.33. The lowest BCUT2D eigenvalue weighted by Crippen LogP contribution is -2.60. The molecule has 0 saturated carbocycles. The van der Waals surface area contributed by atoms with Crippen LogP contribution in [0.15, 0.2) is 30.3 Å². The first kappa shape index (κ1) is 15.3. The largest absolute Gasteiger partial charge is 0.387 e. The van der Waals surface area contributed by atoms with Crippen LogP contribution in [-0.2, 0) is 14.2 Å². The molecule has 0 radical (unpaired) electrons. The van der Waals surface area contributed by atoms with Crippen molar-refractivity contribution in [1.29, 1.82) is 0 Å². The van der Waals surface area contributed by atoms with Crippen molar-refractivity contribution in [2.24, 2.45) is 0 Å². The Morgan fingerprint density at radius 2 is 1.90 bits per heavy atom. The highest BCUT2D eigenvalue weighted by Crippen LogP contribution is 2.36. The van der Waals surface area contributed by atoms with Gasteiger partial charge in [0.2, 0.25) is 0 Å². The van der Waals surface area contributed by atoms with Crippen LogP contribution >= 0.6 is 11.8 Å². The van der Waals surface area contributed by atoms with Crippen LogP contribution in [0.3, 0.4) is 0 Å². The molecule has 116 valence electrons. The Morgan fingerprint density at radius 3 is 2.62 bits per heavy atom. The zero-order valence-electron chi connectivity index (χ0n) is 11.8. The average Bonchev–Trinajstić information content (AvgIpc) is 2.53. The third-order valence-corrected chi connectivity index (χ3v) is 4.79. The zero-order valence-corrected chi connectivity index (χ0v) is 12.6. The van der Waals surface area contributed by atoms with Gasteiger partial charge in [0, 0.05) is 5.56 Å². The van der Waals surface area contributed by atoms with Gasteiger partial charge in [0.25, 0.3) is 0 Å². The Kier molecular flexibility index (Phi) is 4.83. The Morgan fingerprint density at radius 1 is 1.14 bits per heavy atom. The zero-order chi connectivity index (χ0) is 14.8. The molecule has 0 bridgehead atoms. The summed E-state index contributed by atoms with van der Waals surface area (Å²) in [6.07, 6.45) is -3.39. The molecule has 1 aromatic rings. The van der Waals surface area contributed by atoms with E-state index < -0.39 is 30.0 Å². The summed E-state index contributed by atoms with van der Waals surface area (Å²) < 4.78 is 17.3. The van der Waals surface area contributed by atoms with Gasteiger partial charge in [-0.05, 0) is 5.75 Å². The molecule has 0 aromatic heterocycles. The molecule has 2 fully saturated rings. The van der Waals surface area contributed by atoms with Crippen molar-refractivity contribution in [3.05, 3.63) is 35.9 Å². The fourth-order valence-electron chi connectivity index (χ4n) is 2.66. The van der Waals surface area contributed by atoms with Gasteiger partial charge in [-0.2, -0.15) is 0 Å². The molecule has 0 amide bonds. The van der Waals surface area contributed by atoms with E-state index >= 15 is 0 Å². The number of benzene rings is 1. The van der Waals surface area contributed by atoms with Gasteiger partial charge in [0.1, 0.15) is 29.9 Å².